The molecule has 2 atom stereocenters. The van der Waals surface area contributed by atoms with E-state index in [1.54, 1.807) is 19.1 Å². The molecule has 2 aromatic rings. The number of nitrogens with zero attached hydrogens (tertiary/aromatic N) is 3. The van der Waals surface area contributed by atoms with Gasteiger partial charge in [0.25, 0.3) is 0 Å². The Kier molecular flexibility index (Phi) is 5.55. The average Bonchev–Trinajstić information content (AvgIpc) is 2.98. The van der Waals surface area contributed by atoms with Crippen molar-refractivity contribution in [2.75, 3.05) is 19.6 Å². The minimum Gasteiger partial charge on any atom is -0.387 e. The molecule has 24 heavy (non-hydrogen) atoms. The maximum absolute atomic E-state index is 12.9. The summed E-state index contributed by atoms with van der Waals surface area (Å²) in [5.74, 6) is 0.997. The summed E-state index contributed by atoms with van der Waals surface area (Å²) < 4.78 is 17.9. The lowest BCUT2D eigenvalue weighted by Crippen LogP contribution is -2.46. The summed E-state index contributed by atoms with van der Waals surface area (Å²) in [6, 6.07) is 6.28. The molecule has 7 heteroatoms. The van der Waals surface area contributed by atoms with Gasteiger partial charge < -0.3 is 14.9 Å². The molecule has 0 bridgehead atoms. The summed E-state index contributed by atoms with van der Waals surface area (Å²) in [6.45, 7) is 4.80. The third-order valence-electron chi connectivity index (χ3n) is 4.29. The number of nitrogens with one attached hydrogen (secondary N) is 1. The number of likely N-dealkylation sites (tertiary alicyclic amines) is 1. The molecule has 2 N–H and O–H groups in total. The van der Waals surface area contributed by atoms with Crippen LogP contribution in [0.1, 0.15) is 36.2 Å². The number of hydrogen-bond acceptors (Lipinski definition) is 6. The van der Waals surface area contributed by atoms with Crippen LogP contribution in [0.5, 0.6) is 0 Å². The number of benzene rings is 1. The quantitative estimate of drug-likeness (QED) is 0.839. The standard InChI is InChI=1S/C17H23FN4O2/c1-12-20-17(21-24-12)11-22-8-2-3-15(10-22)19-9-16(23)13-4-6-14(18)7-5-13/h4-7,15-16,19,23H,2-3,8-11H2,1H3/t15-,16+/m0/s1. The molecule has 1 saturated heterocycles. The van der Waals surface area contributed by atoms with Gasteiger partial charge in [-0.15, -0.1) is 0 Å². The van der Waals surface area contributed by atoms with Crippen LogP contribution in [-0.2, 0) is 6.54 Å². The van der Waals surface area contributed by atoms with Crippen LogP contribution < -0.4 is 5.32 Å². The zero-order valence-electron chi connectivity index (χ0n) is 13.8. The Balaban J connectivity index is 1.47. The van der Waals surface area contributed by atoms with E-state index in [2.05, 4.69) is 20.4 Å². The zero-order valence-corrected chi connectivity index (χ0v) is 13.8. The lowest BCUT2D eigenvalue weighted by atomic mass is 10.0. The lowest BCUT2D eigenvalue weighted by Gasteiger charge is -2.33. The highest BCUT2D eigenvalue weighted by Gasteiger charge is 2.22. The number of halogens is 1. The highest BCUT2D eigenvalue weighted by molar-refractivity contribution is 5.18. The van der Waals surface area contributed by atoms with Crippen LogP contribution in [0.3, 0.4) is 0 Å². The second-order valence-electron chi connectivity index (χ2n) is 6.28. The van der Waals surface area contributed by atoms with Gasteiger partial charge in [-0.2, -0.15) is 4.98 Å². The maximum Gasteiger partial charge on any atom is 0.223 e. The maximum atomic E-state index is 12.9. The SMILES string of the molecule is Cc1nc(CN2CCC[C@H](NC[C@@H](O)c3ccc(F)cc3)C2)no1. The van der Waals surface area contributed by atoms with E-state index in [0.717, 1.165) is 31.5 Å². The predicted octanol–water partition coefficient (Wildman–Crippen LogP) is 1.80. The molecule has 0 amide bonds. The second-order valence-corrected chi connectivity index (χ2v) is 6.28. The summed E-state index contributed by atoms with van der Waals surface area (Å²) in [4.78, 5) is 6.53. The molecule has 1 aliphatic heterocycles. The van der Waals surface area contributed by atoms with E-state index in [-0.39, 0.29) is 5.82 Å². The molecule has 1 aliphatic rings. The molecule has 0 spiro atoms. The van der Waals surface area contributed by atoms with Gasteiger partial charge in [-0.05, 0) is 37.1 Å². The molecule has 0 aliphatic carbocycles. The molecule has 6 nitrogen and oxygen atoms in total. The van der Waals surface area contributed by atoms with E-state index in [0.29, 0.717) is 30.8 Å². The zero-order chi connectivity index (χ0) is 16.9. The fraction of sp³-hybridized carbons (Fsp3) is 0.529. The van der Waals surface area contributed by atoms with Crippen molar-refractivity contribution in [2.45, 2.75) is 38.5 Å². The first-order chi connectivity index (χ1) is 11.6. The molecular weight excluding hydrogens is 311 g/mol. The van der Waals surface area contributed by atoms with E-state index in [1.165, 1.54) is 12.1 Å². The van der Waals surface area contributed by atoms with Gasteiger partial charge in [0.15, 0.2) is 5.82 Å². The number of aliphatic hydroxyl groups excluding tert-OH is 1. The van der Waals surface area contributed by atoms with Crippen molar-refractivity contribution in [2.24, 2.45) is 0 Å². The van der Waals surface area contributed by atoms with Crippen LogP contribution in [-0.4, -0.2) is 45.8 Å². The van der Waals surface area contributed by atoms with Gasteiger partial charge in [-0.1, -0.05) is 17.3 Å². The number of aliphatic hydroxyl groups is 1. The first-order valence-corrected chi connectivity index (χ1v) is 8.28. The van der Waals surface area contributed by atoms with Gasteiger partial charge in [-0.25, -0.2) is 4.39 Å². The van der Waals surface area contributed by atoms with Crippen molar-refractivity contribution in [3.63, 3.8) is 0 Å². The first-order valence-electron chi connectivity index (χ1n) is 8.28. The summed E-state index contributed by atoms with van der Waals surface area (Å²) in [6.07, 6.45) is 1.51. The predicted molar refractivity (Wildman–Crippen MR) is 86.7 cm³/mol. The average molecular weight is 334 g/mol. The topological polar surface area (TPSA) is 74.4 Å². The van der Waals surface area contributed by atoms with Crippen molar-refractivity contribution in [1.82, 2.24) is 20.4 Å². The smallest absolute Gasteiger partial charge is 0.223 e. The normalized spacial score (nSPS) is 20.2. The van der Waals surface area contributed by atoms with Crippen LogP contribution >= 0.6 is 0 Å². The summed E-state index contributed by atoms with van der Waals surface area (Å²) in [5, 5.41) is 17.6. The lowest BCUT2D eigenvalue weighted by molar-refractivity contribution is 0.142. The highest BCUT2D eigenvalue weighted by Crippen LogP contribution is 2.16. The molecule has 1 fully saturated rings. The van der Waals surface area contributed by atoms with E-state index in [4.69, 9.17) is 4.52 Å². The molecule has 2 heterocycles. The number of aromatic nitrogens is 2. The first kappa shape index (κ1) is 17.0. The van der Waals surface area contributed by atoms with E-state index in [1.807, 2.05) is 0 Å². The van der Waals surface area contributed by atoms with Crippen molar-refractivity contribution >= 4 is 0 Å². The van der Waals surface area contributed by atoms with Crippen LogP contribution in [0.2, 0.25) is 0 Å². The number of piperidine rings is 1. The molecular formula is C17H23FN4O2. The summed E-state index contributed by atoms with van der Waals surface area (Å²) >= 11 is 0. The largest absolute Gasteiger partial charge is 0.387 e. The minimum absolute atomic E-state index is 0.293. The molecule has 0 saturated carbocycles. The molecule has 130 valence electrons. The number of rotatable bonds is 6. The van der Waals surface area contributed by atoms with Crippen molar-refractivity contribution in [3.05, 3.63) is 47.4 Å². The third kappa shape index (κ3) is 4.59. The van der Waals surface area contributed by atoms with Gasteiger partial charge in [0.05, 0.1) is 12.6 Å². The Hall–Kier alpha value is -1.83. The summed E-state index contributed by atoms with van der Waals surface area (Å²) in [7, 11) is 0. The Labute approximate surface area is 140 Å². The van der Waals surface area contributed by atoms with Crippen molar-refractivity contribution in [1.29, 1.82) is 0 Å². The Morgan fingerprint density at radius 2 is 2.21 bits per heavy atom. The van der Waals surface area contributed by atoms with Gasteiger partial charge in [0.1, 0.15) is 5.82 Å². The number of aryl methyl sites for hydroxylation is 1. The molecule has 0 radical (unpaired) electrons. The third-order valence-corrected chi connectivity index (χ3v) is 4.29. The van der Waals surface area contributed by atoms with Gasteiger partial charge in [-0.3, -0.25) is 4.90 Å². The van der Waals surface area contributed by atoms with E-state index in [9.17, 15) is 9.50 Å². The molecule has 3 rings (SSSR count). The molecule has 1 aromatic heterocycles. The van der Waals surface area contributed by atoms with E-state index < -0.39 is 6.10 Å². The van der Waals surface area contributed by atoms with Crippen molar-refractivity contribution < 1.29 is 14.0 Å². The monoisotopic (exact) mass is 334 g/mol. The van der Waals surface area contributed by atoms with Crippen molar-refractivity contribution in [3.8, 4) is 0 Å². The van der Waals surface area contributed by atoms with Gasteiger partial charge in [0, 0.05) is 26.1 Å². The highest BCUT2D eigenvalue weighted by atomic mass is 19.1. The van der Waals surface area contributed by atoms with Crippen LogP contribution in [0.4, 0.5) is 4.39 Å². The molecule has 0 unspecified atom stereocenters. The summed E-state index contributed by atoms with van der Waals surface area (Å²) in [5.41, 5.74) is 0.721. The number of hydrogen-bond donors (Lipinski definition) is 2. The Bertz CT molecular complexity index is 646. The fourth-order valence-corrected chi connectivity index (χ4v) is 3.05. The Morgan fingerprint density at radius 3 is 2.92 bits per heavy atom. The molecule has 1 aromatic carbocycles. The van der Waals surface area contributed by atoms with Crippen LogP contribution in [0.25, 0.3) is 0 Å². The van der Waals surface area contributed by atoms with Gasteiger partial charge in [0.2, 0.25) is 5.89 Å². The Morgan fingerprint density at radius 1 is 1.42 bits per heavy atom. The van der Waals surface area contributed by atoms with Crippen LogP contribution in [0, 0.1) is 12.7 Å². The van der Waals surface area contributed by atoms with Gasteiger partial charge >= 0.3 is 0 Å². The fourth-order valence-electron chi connectivity index (χ4n) is 3.05. The minimum atomic E-state index is -0.638. The van der Waals surface area contributed by atoms with Crippen LogP contribution in [0.15, 0.2) is 28.8 Å². The van der Waals surface area contributed by atoms with E-state index >= 15 is 0 Å². The second kappa shape index (κ2) is 7.83.